The Morgan fingerprint density at radius 1 is 1.28 bits per heavy atom. The fourth-order valence-corrected chi connectivity index (χ4v) is 2.93. The van der Waals surface area contributed by atoms with E-state index in [1.54, 1.807) is 6.92 Å². The molecule has 7 heteroatoms. The van der Waals surface area contributed by atoms with Crippen LogP contribution < -0.4 is 4.74 Å². The van der Waals surface area contributed by atoms with E-state index in [2.05, 4.69) is 24.0 Å². The van der Waals surface area contributed by atoms with Crippen LogP contribution in [0.4, 0.5) is 5.69 Å². The molecule has 0 radical (unpaired) electrons. The van der Waals surface area contributed by atoms with Gasteiger partial charge in [0.1, 0.15) is 17.5 Å². The van der Waals surface area contributed by atoms with Gasteiger partial charge in [0, 0.05) is 6.54 Å². The van der Waals surface area contributed by atoms with E-state index >= 15 is 0 Å². The second-order valence-electron chi connectivity index (χ2n) is 6.38. The molecule has 0 bridgehead atoms. The normalized spacial score (nSPS) is 11.2. The molecule has 2 aromatic heterocycles. The molecule has 0 aliphatic rings. The predicted molar refractivity (Wildman–Crippen MR) is 94.5 cm³/mol. The number of nitro groups is 1. The first-order valence-corrected chi connectivity index (χ1v) is 8.14. The van der Waals surface area contributed by atoms with E-state index in [1.807, 2.05) is 34.9 Å². The van der Waals surface area contributed by atoms with Crippen molar-refractivity contribution in [3.63, 3.8) is 0 Å². The summed E-state index contributed by atoms with van der Waals surface area (Å²) in [5.74, 6) is 0.641. The Bertz CT molecular complexity index is 904. The third-order valence-electron chi connectivity index (χ3n) is 4.01. The van der Waals surface area contributed by atoms with Crippen LogP contribution in [-0.2, 0) is 13.2 Å². The van der Waals surface area contributed by atoms with Gasteiger partial charge in [-0.1, -0.05) is 44.2 Å². The summed E-state index contributed by atoms with van der Waals surface area (Å²) in [6, 6.07) is 9.70. The summed E-state index contributed by atoms with van der Waals surface area (Å²) >= 11 is 0. The van der Waals surface area contributed by atoms with Crippen LogP contribution in [0.25, 0.3) is 10.9 Å². The Labute approximate surface area is 145 Å². The van der Waals surface area contributed by atoms with Crippen LogP contribution in [0.1, 0.15) is 25.1 Å². The molecule has 25 heavy (non-hydrogen) atoms. The Hall–Kier alpha value is -2.96. The van der Waals surface area contributed by atoms with Crippen molar-refractivity contribution in [2.24, 2.45) is 5.92 Å². The molecule has 0 saturated carbocycles. The van der Waals surface area contributed by atoms with Gasteiger partial charge in [-0.3, -0.25) is 10.1 Å². The van der Waals surface area contributed by atoms with Crippen molar-refractivity contribution in [1.82, 2.24) is 14.8 Å². The molecule has 0 aliphatic heterocycles. The first-order chi connectivity index (χ1) is 12.0. The third kappa shape index (κ3) is 3.31. The van der Waals surface area contributed by atoms with Gasteiger partial charge in [0.15, 0.2) is 0 Å². The summed E-state index contributed by atoms with van der Waals surface area (Å²) in [7, 11) is 0. The summed E-state index contributed by atoms with van der Waals surface area (Å²) in [5.41, 5.74) is 2.28. The summed E-state index contributed by atoms with van der Waals surface area (Å²) in [4.78, 5) is 11.2. The van der Waals surface area contributed by atoms with Crippen LogP contribution in [0, 0.1) is 23.0 Å². The van der Waals surface area contributed by atoms with E-state index < -0.39 is 0 Å². The van der Waals surface area contributed by atoms with E-state index in [1.165, 1.54) is 6.20 Å². The van der Waals surface area contributed by atoms with E-state index in [4.69, 9.17) is 4.74 Å². The Morgan fingerprint density at radius 2 is 2.00 bits per heavy atom. The number of ether oxygens (including phenoxy) is 1. The first kappa shape index (κ1) is 16.9. The Morgan fingerprint density at radius 3 is 2.64 bits per heavy atom. The van der Waals surface area contributed by atoms with Gasteiger partial charge in [-0.15, -0.1) is 5.10 Å². The molecule has 3 aromatic rings. The van der Waals surface area contributed by atoms with Crippen molar-refractivity contribution < 1.29 is 9.66 Å². The molecule has 0 N–H and O–H groups in total. The number of rotatable bonds is 6. The Kier molecular flexibility index (Phi) is 4.65. The smallest absolute Gasteiger partial charge is 0.299 e. The van der Waals surface area contributed by atoms with Crippen molar-refractivity contribution in [3.8, 4) is 5.88 Å². The van der Waals surface area contributed by atoms with Gasteiger partial charge >= 0.3 is 0 Å². The Balaban J connectivity index is 2.09. The van der Waals surface area contributed by atoms with Gasteiger partial charge in [-0.2, -0.15) is 5.10 Å². The molecule has 3 rings (SSSR count). The molecule has 1 aromatic carbocycles. The van der Waals surface area contributed by atoms with Crippen LogP contribution in [0.2, 0.25) is 0 Å². The minimum absolute atomic E-state index is 0.0649. The monoisotopic (exact) mass is 340 g/mol. The average Bonchev–Trinajstić information content (AvgIpc) is 2.86. The van der Waals surface area contributed by atoms with Gasteiger partial charge in [0.2, 0.25) is 0 Å². The molecule has 0 unspecified atom stereocenters. The van der Waals surface area contributed by atoms with Crippen molar-refractivity contribution >= 4 is 16.6 Å². The number of hydrogen-bond donors (Lipinski definition) is 0. The quantitative estimate of drug-likeness (QED) is 0.502. The van der Waals surface area contributed by atoms with Gasteiger partial charge in [-0.25, -0.2) is 0 Å². The van der Waals surface area contributed by atoms with Crippen LogP contribution in [0.5, 0.6) is 5.88 Å². The third-order valence-corrected chi connectivity index (χ3v) is 4.01. The molecule has 130 valence electrons. The summed E-state index contributed by atoms with van der Waals surface area (Å²) in [6.45, 7) is 6.85. The van der Waals surface area contributed by atoms with Gasteiger partial charge in [-0.05, 0) is 18.4 Å². The summed E-state index contributed by atoms with van der Waals surface area (Å²) in [5, 5.41) is 20.0. The zero-order valence-corrected chi connectivity index (χ0v) is 14.5. The van der Waals surface area contributed by atoms with Gasteiger partial charge < -0.3 is 9.30 Å². The van der Waals surface area contributed by atoms with Crippen LogP contribution in [-0.4, -0.2) is 19.7 Å². The highest BCUT2D eigenvalue weighted by atomic mass is 16.6. The topological polar surface area (TPSA) is 83.1 Å². The molecule has 0 fully saturated rings. The molecule has 2 heterocycles. The lowest BCUT2D eigenvalue weighted by molar-refractivity contribution is -0.383. The second-order valence-corrected chi connectivity index (χ2v) is 6.38. The maximum absolute atomic E-state index is 11.5. The highest BCUT2D eigenvalue weighted by Gasteiger charge is 2.27. The standard InChI is InChI=1S/C18H20N4O3/c1-12(2)10-21-13(3)16(22(23)24)15-9-19-20-18(17(15)21)25-11-14-7-5-4-6-8-14/h4-9,12H,10-11H2,1-3H3. The lowest BCUT2D eigenvalue weighted by Gasteiger charge is -2.12. The van der Waals surface area contributed by atoms with Crippen LogP contribution >= 0.6 is 0 Å². The maximum Gasteiger partial charge on any atom is 0.299 e. The van der Waals surface area contributed by atoms with E-state index in [0.717, 1.165) is 5.56 Å². The van der Waals surface area contributed by atoms with Crippen molar-refractivity contribution in [2.45, 2.75) is 33.9 Å². The largest absolute Gasteiger partial charge is 0.470 e. The number of nitrogens with zero attached hydrogens (tertiary/aromatic N) is 4. The lowest BCUT2D eigenvalue weighted by atomic mass is 10.2. The average molecular weight is 340 g/mol. The number of benzene rings is 1. The molecule has 0 aliphatic carbocycles. The minimum Gasteiger partial charge on any atom is -0.470 e. The number of fused-ring (bicyclic) bond motifs is 1. The molecular weight excluding hydrogens is 320 g/mol. The summed E-state index contributed by atoms with van der Waals surface area (Å²) in [6.07, 6.45) is 1.44. The maximum atomic E-state index is 11.5. The van der Waals surface area contributed by atoms with Crippen molar-refractivity contribution in [3.05, 3.63) is 57.9 Å². The zero-order chi connectivity index (χ0) is 18.0. The van der Waals surface area contributed by atoms with Gasteiger partial charge in [0.05, 0.1) is 16.8 Å². The SMILES string of the molecule is Cc1c([N+](=O)[O-])c2cnnc(OCc3ccccc3)c2n1CC(C)C. The summed E-state index contributed by atoms with van der Waals surface area (Å²) < 4.78 is 7.77. The van der Waals surface area contributed by atoms with Crippen molar-refractivity contribution in [2.75, 3.05) is 0 Å². The lowest BCUT2D eigenvalue weighted by Crippen LogP contribution is -2.08. The molecule has 0 spiro atoms. The molecule has 0 amide bonds. The highest BCUT2D eigenvalue weighted by Crippen LogP contribution is 2.36. The molecule has 0 saturated heterocycles. The first-order valence-electron chi connectivity index (χ1n) is 8.14. The second kappa shape index (κ2) is 6.88. The van der Waals surface area contributed by atoms with E-state index in [0.29, 0.717) is 41.5 Å². The molecular formula is C18H20N4O3. The van der Waals surface area contributed by atoms with Crippen LogP contribution in [0.15, 0.2) is 36.5 Å². The van der Waals surface area contributed by atoms with Crippen molar-refractivity contribution in [1.29, 1.82) is 0 Å². The van der Waals surface area contributed by atoms with Crippen LogP contribution in [0.3, 0.4) is 0 Å². The fraction of sp³-hybridized carbons (Fsp3) is 0.333. The molecule has 0 atom stereocenters. The van der Waals surface area contributed by atoms with Gasteiger partial charge in [0.25, 0.3) is 11.6 Å². The number of hydrogen-bond acceptors (Lipinski definition) is 5. The minimum atomic E-state index is -0.364. The zero-order valence-electron chi connectivity index (χ0n) is 14.5. The predicted octanol–water partition coefficient (Wildman–Crippen LogP) is 3.88. The van der Waals surface area contributed by atoms with E-state index in [-0.39, 0.29) is 10.6 Å². The fourth-order valence-electron chi connectivity index (χ4n) is 2.93. The number of aromatic nitrogens is 3. The highest BCUT2D eigenvalue weighted by molar-refractivity contribution is 5.93. The van der Waals surface area contributed by atoms with E-state index in [9.17, 15) is 10.1 Å². The molecule has 7 nitrogen and oxygen atoms in total.